The molecule has 0 radical (unpaired) electrons. The fourth-order valence-electron chi connectivity index (χ4n) is 4.98. The number of aromatic nitrogens is 2. The van der Waals surface area contributed by atoms with Gasteiger partial charge in [-0.05, 0) is 25.0 Å². The SMILES string of the molecule is CCCc1[nH]c2ccccc2c1C1=C(O)C(=O)C(c2c(CCC)[nH]c3ccccc23)=C(O)C1=O. The van der Waals surface area contributed by atoms with Crippen LogP contribution >= 0.6 is 0 Å². The van der Waals surface area contributed by atoms with Crippen LogP contribution in [0.4, 0.5) is 0 Å². The maximum absolute atomic E-state index is 13.6. The minimum Gasteiger partial charge on any atom is -0.504 e. The maximum atomic E-state index is 13.6. The summed E-state index contributed by atoms with van der Waals surface area (Å²) in [6.45, 7) is 4.03. The average molecular weight is 455 g/mol. The van der Waals surface area contributed by atoms with E-state index < -0.39 is 23.1 Å². The summed E-state index contributed by atoms with van der Waals surface area (Å²) in [5, 5.41) is 23.8. The number of rotatable bonds is 6. The third-order valence-electron chi connectivity index (χ3n) is 6.43. The smallest absolute Gasteiger partial charge is 0.232 e. The Labute approximate surface area is 196 Å². The molecule has 34 heavy (non-hydrogen) atoms. The summed E-state index contributed by atoms with van der Waals surface area (Å²) in [4.78, 5) is 33.8. The van der Waals surface area contributed by atoms with Crippen molar-refractivity contribution < 1.29 is 19.8 Å². The summed E-state index contributed by atoms with van der Waals surface area (Å²) in [5.41, 5.74) is 3.77. The number of carbonyl (C=O) groups excluding carboxylic acids is 2. The van der Waals surface area contributed by atoms with Crippen LogP contribution in [-0.4, -0.2) is 31.7 Å². The van der Waals surface area contributed by atoms with Crippen molar-refractivity contribution in [1.82, 2.24) is 9.97 Å². The molecule has 0 fully saturated rings. The Morgan fingerprint density at radius 2 is 1.03 bits per heavy atom. The van der Waals surface area contributed by atoms with Crippen LogP contribution in [0.15, 0.2) is 60.0 Å². The number of Topliss-reactive ketones (excluding diaryl/α,β-unsaturated/α-hetero) is 2. The van der Waals surface area contributed by atoms with Crippen LogP contribution in [0.25, 0.3) is 33.0 Å². The molecule has 1 aliphatic carbocycles. The van der Waals surface area contributed by atoms with Crippen molar-refractivity contribution in [2.45, 2.75) is 39.5 Å². The lowest BCUT2D eigenvalue weighted by Crippen LogP contribution is -2.23. The zero-order valence-electron chi connectivity index (χ0n) is 19.2. The van der Waals surface area contributed by atoms with Crippen molar-refractivity contribution in [3.63, 3.8) is 0 Å². The Morgan fingerprint density at radius 3 is 1.41 bits per heavy atom. The van der Waals surface area contributed by atoms with Gasteiger partial charge in [0.25, 0.3) is 0 Å². The van der Waals surface area contributed by atoms with Crippen molar-refractivity contribution >= 4 is 44.5 Å². The van der Waals surface area contributed by atoms with Gasteiger partial charge in [0, 0.05) is 44.3 Å². The van der Waals surface area contributed by atoms with Gasteiger partial charge in [-0.3, -0.25) is 9.59 Å². The number of allylic oxidation sites excluding steroid dienone is 2. The fourth-order valence-corrected chi connectivity index (χ4v) is 4.98. The molecule has 2 aromatic heterocycles. The van der Waals surface area contributed by atoms with E-state index in [2.05, 4.69) is 9.97 Å². The van der Waals surface area contributed by atoms with E-state index in [1.54, 1.807) is 0 Å². The molecule has 4 aromatic rings. The van der Waals surface area contributed by atoms with Crippen molar-refractivity contribution in [3.05, 3.63) is 82.6 Å². The van der Waals surface area contributed by atoms with Gasteiger partial charge in [-0.1, -0.05) is 63.1 Å². The number of hydrogen-bond donors (Lipinski definition) is 4. The standard InChI is InChI=1S/C28H26N2O4/c1-3-9-19-21(15-11-5-7-13-17(15)29-19)23-25(31)27(33)24(28(34)26(23)32)22-16-12-6-8-14-18(16)30-20(22)10-4-2/h5-8,11-14,29-31,34H,3-4,9-10H2,1-2H3. The summed E-state index contributed by atoms with van der Waals surface area (Å²) < 4.78 is 0. The van der Waals surface area contributed by atoms with E-state index >= 15 is 0 Å². The number of para-hydroxylation sites is 2. The Bertz CT molecular complexity index is 1410. The molecule has 5 rings (SSSR count). The molecule has 172 valence electrons. The van der Waals surface area contributed by atoms with E-state index in [4.69, 9.17) is 0 Å². The number of aryl methyl sites for hydroxylation is 2. The first-order chi connectivity index (χ1) is 16.5. The second-order valence-electron chi connectivity index (χ2n) is 8.65. The molecule has 1 aliphatic rings. The summed E-state index contributed by atoms with van der Waals surface area (Å²) >= 11 is 0. The number of fused-ring (bicyclic) bond motifs is 2. The number of H-pyrrole nitrogens is 2. The van der Waals surface area contributed by atoms with Gasteiger partial charge in [-0.2, -0.15) is 0 Å². The van der Waals surface area contributed by atoms with E-state index in [0.29, 0.717) is 24.0 Å². The minimum atomic E-state index is -0.748. The Morgan fingerprint density at radius 1 is 0.647 bits per heavy atom. The van der Waals surface area contributed by atoms with Gasteiger partial charge in [0.05, 0.1) is 11.1 Å². The van der Waals surface area contributed by atoms with Crippen LogP contribution in [0.5, 0.6) is 0 Å². The first kappa shape index (κ1) is 21.8. The molecule has 0 atom stereocenters. The van der Waals surface area contributed by atoms with Gasteiger partial charge in [-0.15, -0.1) is 0 Å². The van der Waals surface area contributed by atoms with E-state index in [9.17, 15) is 19.8 Å². The Kier molecular flexibility index (Phi) is 5.36. The number of benzene rings is 2. The molecular formula is C28H26N2O4. The van der Waals surface area contributed by atoms with E-state index in [-0.39, 0.29) is 11.1 Å². The molecule has 6 heteroatoms. The van der Waals surface area contributed by atoms with Crippen LogP contribution in [0, 0.1) is 0 Å². The molecule has 2 aromatic carbocycles. The quantitative estimate of drug-likeness (QED) is 0.270. The van der Waals surface area contributed by atoms with Gasteiger partial charge in [-0.25, -0.2) is 0 Å². The largest absolute Gasteiger partial charge is 0.504 e. The molecule has 0 spiro atoms. The highest BCUT2D eigenvalue weighted by molar-refractivity contribution is 6.48. The molecule has 0 saturated carbocycles. The molecular weight excluding hydrogens is 428 g/mol. The first-order valence-electron chi connectivity index (χ1n) is 11.6. The number of aliphatic hydroxyl groups excluding tert-OH is 2. The molecule has 0 aliphatic heterocycles. The predicted molar refractivity (Wildman–Crippen MR) is 134 cm³/mol. The number of nitrogens with one attached hydrogen (secondary N) is 2. The number of carbonyl (C=O) groups is 2. The van der Waals surface area contributed by atoms with Gasteiger partial charge < -0.3 is 20.2 Å². The average Bonchev–Trinajstić information content (AvgIpc) is 3.37. The summed E-state index contributed by atoms with van der Waals surface area (Å²) in [6.07, 6.45) is 2.86. The van der Waals surface area contributed by atoms with Crippen LogP contribution in [0.3, 0.4) is 0 Å². The Balaban J connectivity index is 1.74. The minimum absolute atomic E-state index is 0.149. The van der Waals surface area contributed by atoms with Crippen molar-refractivity contribution in [3.8, 4) is 0 Å². The zero-order valence-corrected chi connectivity index (χ0v) is 19.2. The first-order valence-corrected chi connectivity index (χ1v) is 11.6. The fraction of sp³-hybridized carbons (Fsp3) is 0.214. The van der Waals surface area contributed by atoms with E-state index in [1.165, 1.54) is 0 Å². The van der Waals surface area contributed by atoms with Crippen LogP contribution in [-0.2, 0) is 22.4 Å². The highest BCUT2D eigenvalue weighted by atomic mass is 16.3. The topological polar surface area (TPSA) is 106 Å². The third kappa shape index (κ3) is 3.17. The highest BCUT2D eigenvalue weighted by Crippen LogP contribution is 2.41. The van der Waals surface area contributed by atoms with Crippen LogP contribution in [0.2, 0.25) is 0 Å². The van der Waals surface area contributed by atoms with E-state index in [1.807, 2.05) is 62.4 Å². The van der Waals surface area contributed by atoms with Gasteiger partial charge in [0.1, 0.15) is 0 Å². The molecule has 0 bridgehead atoms. The summed E-state index contributed by atoms with van der Waals surface area (Å²) in [5.74, 6) is -2.76. The number of hydrogen-bond acceptors (Lipinski definition) is 4. The highest BCUT2D eigenvalue weighted by Gasteiger charge is 2.39. The van der Waals surface area contributed by atoms with Crippen molar-refractivity contribution in [1.29, 1.82) is 0 Å². The normalized spacial score (nSPS) is 14.8. The van der Waals surface area contributed by atoms with Gasteiger partial charge >= 0.3 is 0 Å². The molecule has 6 nitrogen and oxygen atoms in total. The second-order valence-corrected chi connectivity index (χ2v) is 8.65. The number of ketones is 2. The predicted octanol–water partition coefficient (Wildman–Crippen LogP) is 5.94. The molecule has 0 unspecified atom stereocenters. The second kappa shape index (κ2) is 8.37. The molecule has 2 heterocycles. The monoisotopic (exact) mass is 454 g/mol. The molecule has 4 N–H and O–H groups in total. The van der Waals surface area contributed by atoms with Gasteiger partial charge in [0.2, 0.25) is 11.6 Å². The third-order valence-corrected chi connectivity index (χ3v) is 6.43. The lowest BCUT2D eigenvalue weighted by atomic mass is 9.83. The summed E-state index contributed by atoms with van der Waals surface area (Å²) in [7, 11) is 0. The molecule has 0 amide bonds. The zero-order chi connectivity index (χ0) is 24.0. The Hall–Kier alpha value is -4.06. The van der Waals surface area contributed by atoms with Crippen molar-refractivity contribution in [2.75, 3.05) is 0 Å². The van der Waals surface area contributed by atoms with Gasteiger partial charge in [0.15, 0.2) is 11.5 Å². The van der Waals surface area contributed by atoms with Crippen LogP contribution in [0.1, 0.15) is 49.2 Å². The van der Waals surface area contributed by atoms with E-state index in [0.717, 1.165) is 46.0 Å². The summed E-state index contributed by atoms with van der Waals surface area (Å²) in [6, 6.07) is 14.9. The molecule has 0 saturated heterocycles. The number of aromatic amines is 2. The lowest BCUT2D eigenvalue weighted by molar-refractivity contribution is -0.116. The maximum Gasteiger partial charge on any atom is 0.232 e. The number of aliphatic hydroxyl groups is 2. The lowest BCUT2D eigenvalue weighted by Gasteiger charge is -2.19. The van der Waals surface area contributed by atoms with Crippen LogP contribution < -0.4 is 0 Å². The van der Waals surface area contributed by atoms with Crippen molar-refractivity contribution in [2.24, 2.45) is 0 Å².